The maximum absolute atomic E-state index is 13.8. The molecule has 13 heteroatoms. The van der Waals surface area contributed by atoms with E-state index in [0.717, 1.165) is 18.2 Å². The molecule has 0 atom stereocenters. The number of hydrogen-bond acceptors (Lipinski definition) is 3. The smallest absolute Gasteiger partial charge is 0.340 e. The van der Waals surface area contributed by atoms with Crippen LogP contribution in [-0.4, -0.2) is 21.6 Å². The molecule has 0 aliphatic carbocycles. The van der Waals surface area contributed by atoms with E-state index in [0.29, 0.717) is 0 Å². The fraction of sp³-hybridized carbons (Fsp3) is 0.250. The maximum Gasteiger partial charge on any atom is 0.459 e. The topological polar surface area (TPSA) is 72.9 Å². The normalized spacial score (nSPS) is 13.3. The summed E-state index contributed by atoms with van der Waals surface area (Å²) in [6.07, 6.45) is -11.4. The fourth-order valence-corrected chi connectivity index (χ4v) is 2.93. The molecule has 0 unspecified atom stereocenters. The first-order chi connectivity index (χ1) is 13.2. The van der Waals surface area contributed by atoms with Crippen molar-refractivity contribution in [3.63, 3.8) is 0 Å². The number of aryl methyl sites for hydroxylation is 1. The largest absolute Gasteiger partial charge is 0.459 e. The molecule has 29 heavy (non-hydrogen) atoms. The molecule has 0 radical (unpaired) electrons. The van der Waals surface area contributed by atoms with Gasteiger partial charge >= 0.3 is 18.3 Å². The van der Waals surface area contributed by atoms with Crippen LogP contribution in [0.4, 0.5) is 35.1 Å². The summed E-state index contributed by atoms with van der Waals surface area (Å²) in [5.41, 5.74) is -2.88. The van der Waals surface area contributed by atoms with E-state index in [2.05, 4.69) is 4.98 Å². The van der Waals surface area contributed by atoms with Crippen LogP contribution in [0.2, 0.25) is 0 Å². The van der Waals surface area contributed by atoms with Gasteiger partial charge in [0, 0.05) is 17.8 Å². The van der Waals surface area contributed by atoms with Gasteiger partial charge < -0.3 is 4.57 Å². The van der Waals surface area contributed by atoms with E-state index in [-0.39, 0.29) is 22.7 Å². The maximum atomic E-state index is 13.8. The van der Waals surface area contributed by atoms with Crippen molar-refractivity contribution in [3.8, 4) is 0 Å². The monoisotopic (exact) mass is 426 g/mol. The highest BCUT2D eigenvalue weighted by Gasteiger charge is 2.60. The average Bonchev–Trinajstić information content (AvgIpc) is 2.95. The summed E-state index contributed by atoms with van der Waals surface area (Å²) < 4.78 is 107. The lowest BCUT2D eigenvalue weighted by molar-refractivity contribution is -0.291. The molecule has 5 nitrogen and oxygen atoms in total. The Kier molecular flexibility index (Phi) is 4.49. The van der Waals surface area contributed by atoms with Crippen molar-refractivity contribution < 1.29 is 39.9 Å². The van der Waals surface area contributed by atoms with Crippen LogP contribution in [0.15, 0.2) is 24.3 Å². The minimum atomic E-state index is -6.16. The summed E-state index contributed by atoms with van der Waals surface area (Å²) in [5, 5.41) is -0.925. The molecule has 3 aromatic rings. The van der Waals surface area contributed by atoms with Crippen molar-refractivity contribution in [2.24, 2.45) is 12.9 Å². The number of hydrazine groups is 1. The molecule has 2 heterocycles. The van der Waals surface area contributed by atoms with Crippen molar-refractivity contribution in [2.45, 2.75) is 18.3 Å². The number of nitrogens with zero attached hydrogens (tertiary/aromatic N) is 2. The molecule has 0 saturated heterocycles. The lowest BCUT2D eigenvalue weighted by Gasteiger charge is -2.21. The van der Waals surface area contributed by atoms with Gasteiger partial charge in [0.1, 0.15) is 11.4 Å². The summed E-state index contributed by atoms with van der Waals surface area (Å²) in [6.45, 7) is 0. The number of aromatic nitrogens is 2. The highest BCUT2D eigenvalue weighted by atomic mass is 19.4. The number of nitrogen functional groups attached to an aromatic ring is 1. The lowest BCUT2D eigenvalue weighted by atomic mass is 10.0. The Balaban J connectivity index is 2.48. The van der Waals surface area contributed by atoms with Crippen molar-refractivity contribution >= 4 is 27.7 Å². The number of benzene rings is 1. The Hall–Kier alpha value is -2.96. The first kappa shape index (κ1) is 20.8. The third-order valence-corrected chi connectivity index (χ3v) is 4.35. The van der Waals surface area contributed by atoms with Crippen LogP contribution < -0.4 is 11.3 Å². The Bertz CT molecular complexity index is 1130. The highest BCUT2D eigenvalue weighted by Crippen LogP contribution is 2.46. The van der Waals surface area contributed by atoms with E-state index < -0.39 is 46.3 Å². The predicted molar refractivity (Wildman–Crippen MR) is 84.8 cm³/mol. The number of alkyl halides is 8. The number of halogens is 8. The van der Waals surface area contributed by atoms with Crippen LogP contribution >= 0.6 is 0 Å². The molecule has 2 aromatic heterocycles. The van der Waals surface area contributed by atoms with Crippen molar-refractivity contribution in [2.75, 3.05) is 0 Å². The Morgan fingerprint density at radius 1 is 1.03 bits per heavy atom. The standard InChI is InChI=1S/C16H10F8N4O/c1-28-9-3-2-6-8(15(19,20)21)5-11(14(17,18)16(22,23)24)26-12(6)7(9)4-10(28)13(29)27-25/h2-5H,25H2,1H3,(H,27,29). The molecular weight excluding hydrogens is 416 g/mol. The van der Waals surface area contributed by atoms with Gasteiger partial charge in [-0.1, -0.05) is 6.07 Å². The van der Waals surface area contributed by atoms with Crippen LogP contribution in [0.25, 0.3) is 21.8 Å². The summed E-state index contributed by atoms with van der Waals surface area (Å²) in [4.78, 5) is 15.0. The van der Waals surface area contributed by atoms with Crippen molar-refractivity contribution in [3.05, 3.63) is 41.2 Å². The molecule has 0 spiro atoms. The van der Waals surface area contributed by atoms with Crippen molar-refractivity contribution in [1.82, 2.24) is 15.0 Å². The van der Waals surface area contributed by atoms with Gasteiger partial charge in [0.05, 0.1) is 16.6 Å². The third kappa shape index (κ3) is 3.14. The second-order valence-corrected chi connectivity index (χ2v) is 6.08. The highest BCUT2D eigenvalue weighted by molar-refractivity contribution is 6.09. The molecule has 0 aliphatic heterocycles. The summed E-state index contributed by atoms with van der Waals surface area (Å²) >= 11 is 0. The molecule has 1 aromatic carbocycles. The minimum Gasteiger partial charge on any atom is -0.340 e. The Morgan fingerprint density at radius 3 is 2.17 bits per heavy atom. The molecule has 3 rings (SSSR count). The number of rotatable bonds is 2. The second-order valence-electron chi connectivity index (χ2n) is 6.08. The predicted octanol–water partition coefficient (Wildman–Crippen LogP) is 4.00. The zero-order valence-corrected chi connectivity index (χ0v) is 14.2. The summed E-state index contributed by atoms with van der Waals surface area (Å²) in [7, 11) is 1.33. The van der Waals surface area contributed by atoms with E-state index in [1.807, 2.05) is 0 Å². The molecule has 3 N–H and O–H groups in total. The van der Waals surface area contributed by atoms with Crippen LogP contribution in [0.3, 0.4) is 0 Å². The number of nitrogens with one attached hydrogen (secondary N) is 1. The number of carbonyl (C=O) groups is 1. The van der Waals surface area contributed by atoms with E-state index in [4.69, 9.17) is 5.84 Å². The first-order valence-electron chi connectivity index (χ1n) is 7.66. The van der Waals surface area contributed by atoms with E-state index in [1.54, 1.807) is 5.43 Å². The van der Waals surface area contributed by atoms with Gasteiger partial charge in [-0.15, -0.1) is 0 Å². The van der Waals surface area contributed by atoms with Gasteiger partial charge in [-0.05, 0) is 18.2 Å². The number of hydrogen-bond donors (Lipinski definition) is 2. The number of nitrogens with two attached hydrogens (primary N) is 1. The molecule has 0 aliphatic rings. The minimum absolute atomic E-state index is 0.0733. The van der Waals surface area contributed by atoms with Crippen LogP contribution in [0.1, 0.15) is 21.7 Å². The number of pyridine rings is 1. The lowest BCUT2D eigenvalue weighted by Crippen LogP contribution is -2.35. The number of fused-ring (bicyclic) bond motifs is 3. The van der Waals surface area contributed by atoms with Gasteiger partial charge in [-0.2, -0.15) is 35.1 Å². The summed E-state index contributed by atoms with van der Waals surface area (Å²) in [6, 6.07) is 2.72. The van der Waals surface area contributed by atoms with E-state index in [9.17, 15) is 39.9 Å². The average molecular weight is 426 g/mol. The van der Waals surface area contributed by atoms with Gasteiger partial charge in [-0.25, -0.2) is 10.8 Å². The fourth-order valence-electron chi connectivity index (χ4n) is 2.93. The zero-order valence-electron chi connectivity index (χ0n) is 14.2. The Morgan fingerprint density at radius 2 is 1.66 bits per heavy atom. The van der Waals surface area contributed by atoms with Gasteiger partial charge in [-0.3, -0.25) is 10.2 Å². The van der Waals surface area contributed by atoms with Crippen LogP contribution in [0, 0.1) is 0 Å². The summed E-state index contributed by atoms with van der Waals surface area (Å²) in [5.74, 6) is -1.47. The molecule has 0 bridgehead atoms. The molecular formula is C16H10F8N4O. The van der Waals surface area contributed by atoms with Crippen LogP contribution in [-0.2, 0) is 19.1 Å². The van der Waals surface area contributed by atoms with Gasteiger partial charge in [0.25, 0.3) is 5.91 Å². The molecule has 156 valence electrons. The number of carbonyl (C=O) groups excluding carboxylic acids is 1. The SMILES string of the molecule is Cn1c(C(=O)NN)cc2c3nc(C(F)(F)C(F)(F)F)cc(C(F)(F)F)c3ccc21. The van der Waals surface area contributed by atoms with Crippen molar-refractivity contribution in [1.29, 1.82) is 0 Å². The zero-order chi connectivity index (χ0) is 21.9. The van der Waals surface area contributed by atoms with E-state index in [1.165, 1.54) is 11.6 Å². The van der Waals surface area contributed by atoms with Crippen LogP contribution in [0.5, 0.6) is 0 Å². The van der Waals surface area contributed by atoms with Gasteiger partial charge in [0.2, 0.25) is 0 Å². The quantitative estimate of drug-likeness (QED) is 0.282. The number of amides is 1. The first-order valence-corrected chi connectivity index (χ1v) is 7.66. The van der Waals surface area contributed by atoms with Gasteiger partial charge in [0.15, 0.2) is 0 Å². The Labute approximate surface area is 156 Å². The molecule has 1 amide bonds. The van der Waals surface area contributed by atoms with E-state index >= 15 is 0 Å². The second kappa shape index (κ2) is 6.27. The third-order valence-electron chi connectivity index (χ3n) is 4.35. The molecule has 0 fully saturated rings. The molecule has 0 saturated carbocycles.